The van der Waals surface area contributed by atoms with Crippen molar-refractivity contribution in [3.63, 3.8) is 0 Å². The Morgan fingerprint density at radius 2 is 0.784 bits per heavy atom. The molecule has 0 aliphatic heterocycles. The van der Waals surface area contributed by atoms with E-state index in [4.69, 9.17) is 9.97 Å². The predicted molar refractivity (Wildman–Crippen MR) is 221 cm³/mol. The minimum Gasteiger partial charge on any atom is -0.249 e. The Kier molecular flexibility index (Phi) is 6.24. The summed E-state index contributed by atoms with van der Waals surface area (Å²) in [5.74, 6) is 0. The van der Waals surface area contributed by atoms with Crippen LogP contribution in [0.2, 0.25) is 0 Å². The van der Waals surface area contributed by atoms with Crippen LogP contribution in [0.25, 0.3) is 106 Å². The predicted octanol–water partition coefficient (Wildman–Crippen LogP) is 14.0. The van der Waals surface area contributed by atoms with E-state index in [9.17, 15) is 0 Å². The van der Waals surface area contributed by atoms with Gasteiger partial charge in [0.25, 0.3) is 0 Å². The van der Waals surface area contributed by atoms with Crippen molar-refractivity contribution in [1.29, 1.82) is 0 Å². The zero-order chi connectivity index (χ0) is 33.6. The summed E-state index contributed by atoms with van der Waals surface area (Å²) >= 11 is 3.75. The van der Waals surface area contributed by atoms with E-state index in [-0.39, 0.29) is 0 Å². The molecule has 0 atom stereocenters. The van der Waals surface area contributed by atoms with Gasteiger partial charge in [0.1, 0.15) is 0 Å². The fraction of sp³-hybridized carbons (Fsp3) is 0.0213. The second-order valence-electron chi connectivity index (χ2n) is 13.3. The van der Waals surface area contributed by atoms with E-state index in [2.05, 4.69) is 159 Å². The van der Waals surface area contributed by atoms with Gasteiger partial charge < -0.3 is 0 Å². The maximum atomic E-state index is 5.53. The first-order chi connectivity index (χ1) is 25.2. The molecule has 0 fully saturated rings. The number of aromatic nitrogens is 2. The SMILES string of the molecule is Cc1nc2c3ccccc3c3ccccc3c2nc1-c1cc(-c2cccc3c2sc2ccccc23)cc(-c2cccc3c2sc2ccccc23)c1. The highest BCUT2D eigenvalue weighted by Gasteiger charge is 2.19. The molecule has 0 radical (unpaired) electrons. The quantitative estimate of drug-likeness (QED) is 0.173. The molecule has 0 saturated heterocycles. The monoisotopic (exact) mass is 684 g/mol. The number of nitrogens with zero attached hydrogens (tertiary/aromatic N) is 2. The summed E-state index contributed by atoms with van der Waals surface area (Å²) in [6.45, 7) is 2.11. The van der Waals surface area contributed by atoms with E-state index < -0.39 is 0 Å². The van der Waals surface area contributed by atoms with Crippen LogP contribution in [0.1, 0.15) is 5.69 Å². The molecule has 11 aromatic rings. The first kappa shape index (κ1) is 28.9. The minimum atomic E-state index is 0.915. The van der Waals surface area contributed by atoms with Crippen LogP contribution in [-0.2, 0) is 0 Å². The molecule has 0 N–H and O–H groups in total. The molecule has 11 rings (SSSR count). The number of rotatable bonds is 3. The van der Waals surface area contributed by atoms with Gasteiger partial charge in [0.15, 0.2) is 0 Å². The summed E-state index contributed by atoms with van der Waals surface area (Å²) in [6, 6.07) is 55.2. The van der Waals surface area contributed by atoms with Crippen molar-refractivity contribution >= 4 is 95.6 Å². The molecule has 8 aromatic carbocycles. The van der Waals surface area contributed by atoms with Gasteiger partial charge in [0.2, 0.25) is 0 Å². The Morgan fingerprint density at radius 1 is 0.373 bits per heavy atom. The van der Waals surface area contributed by atoms with E-state index in [1.54, 1.807) is 0 Å². The molecular weight excluding hydrogens is 657 g/mol. The van der Waals surface area contributed by atoms with Crippen LogP contribution < -0.4 is 0 Å². The van der Waals surface area contributed by atoms with Crippen molar-refractivity contribution in [3.05, 3.63) is 157 Å². The molecule has 2 nitrogen and oxygen atoms in total. The highest BCUT2D eigenvalue weighted by Crippen LogP contribution is 2.45. The van der Waals surface area contributed by atoms with Gasteiger partial charge in [-0.05, 0) is 70.3 Å². The Bertz CT molecular complexity index is 3090. The minimum absolute atomic E-state index is 0.915. The van der Waals surface area contributed by atoms with Crippen molar-refractivity contribution in [2.45, 2.75) is 6.92 Å². The molecule has 238 valence electrons. The molecule has 3 heterocycles. The number of benzene rings is 8. The van der Waals surface area contributed by atoms with Crippen LogP contribution in [0, 0.1) is 6.92 Å². The number of hydrogen-bond donors (Lipinski definition) is 0. The average molecular weight is 685 g/mol. The highest BCUT2D eigenvalue weighted by atomic mass is 32.1. The van der Waals surface area contributed by atoms with Crippen LogP contribution >= 0.6 is 22.7 Å². The molecule has 4 heteroatoms. The summed E-state index contributed by atoms with van der Waals surface area (Å²) in [6.07, 6.45) is 0. The Hall–Kier alpha value is -5.94. The molecule has 0 unspecified atom stereocenters. The van der Waals surface area contributed by atoms with Gasteiger partial charge in [-0.25, -0.2) is 9.97 Å². The lowest BCUT2D eigenvalue weighted by Crippen LogP contribution is -1.97. The first-order valence-electron chi connectivity index (χ1n) is 17.2. The lowest BCUT2D eigenvalue weighted by molar-refractivity contribution is 1.20. The van der Waals surface area contributed by atoms with Gasteiger partial charge in [-0.2, -0.15) is 0 Å². The topological polar surface area (TPSA) is 25.8 Å². The Balaban J connectivity index is 1.23. The first-order valence-corrected chi connectivity index (χ1v) is 18.9. The van der Waals surface area contributed by atoms with E-state index >= 15 is 0 Å². The van der Waals surface area contributed by atoms with E-state index in [1.165, 1.54) is 73.4 Å². The molecule has 0 amide bonds. The van der Waals surface area contributed by atoms with E-state index in [0.29, 0.717) is 0 Å². The van der Waals surface area contributed by atoms with Gasteiger partial charge in [0, 0.05) is 56.7 Å². The van der Waals surface area contributed by atoms with Crippen LogP contribution in [0.4, 0.5) is 0 Å². The molecule has 0 bridgehead atoms. The molecular formula is C47H28N2S2. The van der Waals surface area contributed by atoms with Gasteiger partial charge in [-0.15, -0.1) is 22.7 Å². The molecule has 0 aliphatic carbocycles. The van der Waals surface area contributed by atoms with E-state index in [1.807, 2.05) is 22.7 Å². The third-order valence-corrected chi connectivity index (χ3v) is 12.8. The zero-order valence-electron chi connectivity index (χ0n) is 27.6. The van der Waals surface area contributed by atoms with Crippen molar-refractivity contribution in [3.8, 4) is 33.5 Å². The lowest BCUT2D eigenvalue weighted by atomic mass is 9.93. The van der Waals surface area contributed by atoms with Gasteiger partial charge in [-0.1, -0.05) is 121 Å². The summed E-state index contributed by atoms with van der Waals surface area (Å²) in [4.78, 5) is 10.9. The Labute approximate surface area is 301 Å². The molecule has 0 aliphatic rings. The summed E-state index contributed by atoms with van der Waals surface area (Å²) in [7, 11) is 0. The molecule has 0 spiro atoms. The molecule has 3 aromatic heterocycles. The van der Waals surface area contributed by atoms with Gasteiger partial charge in [0.05, 0.1) is 22.4 Å². The highest BCUT2D eigenvalue weighted by molar-refractivity contribution is 7.26. The third-order valence-electron chi connectivity index (χ3n) is 10.4. The van der Waals surface area contributed by atoms with Crippen LogP contribution in [0.3, 0.4) is 0 Å². The van der Waals surface area contributed by atoms with Crippen LogP contribution in [0.15, 0.2) is 152 Å². The smallest absolute Gasteiger partial charge is 0.0979 e. The number of thiophene rings is 2. The average Bonchev–Trinajstić information content (AvgIpc) is 3.76. The Morgan fingerprint density at radius 3 is 1.31 bits per heavy atom. The maximum absolute atomic E-state index is 5.53. The van der Waals surface area contributed by atoms with Gasteiger partial charge >= 0.3 is 0 Å². The summed E-state index contributed by atoms with van der Waals surface area (Å²) in [5.41, 5.74) is 9.64. The van der Waals surface area contributed by atoms with Gasteiger partial charge in [-0.3, -0.25) is 0 Å². The lowest BCUT2D eigenvalue weighted by Gasteiger charge is -2.15. The zero-order valence-corrected chi connectivity index (χ0v) is 29.3. The second kappa shape index (κ2) is 11.0. The fourth-order valence-electron chi connectivity index (χ4n) is 8.04. The van der Waals surface area contributed by atoms with Crippen molar-refractivity contribution in [2.24, 2.45) is 0 Å². The normalized spacial score (nSPS) is 12.0. The standard InChI is InChI=1S/C47H28N2S2/c1-27-43(49-45-38-17-5-3-13-34(38)33-12-2-4-16-37(33)44(45)48-27)30-25-28(31-18-10-20-39-35-14-6-8-22-41(35)50-46(31)39)24-29(26-30)32-19-11-21-40-36-15-7-9-23-42(36)51-47(32)40/h2-26H,1H3. The number of hydrogen-bond acceptors (Lipinski definition) is 4. The van der Waals surface area contributed by atoms with Crippen LogP contribution in [-0.4, -0.2) is 9.97 Å². The molecule has 0 saturated carbocycles. The number of fused-ring (bicyclic) bond motifs is 12. The number of aryl methyl sites for hydroxylation is 1. The van der Waals surface area contributed by atoms with Crippen molar-refractivity contribution in [2.75, 3.05) is 0 Å². The third kappa shape index (κ3) is 4.34. The van der Waals surface area contributed by atoms with E-state index in [0.717, 1.165) is 38.8 Å². The molecule has 51 heavy (non-hydrogen) atoms. The summed E-state index contributed by atoms with van der Waals surface area (Å²) < 4.78 is 5.23. The maximum Gasteiger partial charge on any atom is 0.0979 e. The van der Waals surface area contributed by atoms with Crippen molar-refractivity contribution < 1.29 is 0 Å². The van der Waals surface area contributed by atoms with Crippen molar-refractivity contribution in [1.82, 2.24) is 9.97 Å². The van der Waals surface area contributed by atoms with Crippen LogP contribution in [0.5, 0.6) is 0 Å². The largest absolute Gasteiger partial charge is 0.249 e. The second-order valence-corrected chi connectivity index (χ2v) is 15.4. The summed E-state index contributed by atoms with van der Waals surface area (Å²) in [5, 5.41) is 9.88. The fourth-order valence-corrected chi connectivity index (χ4v) is 10.5.